The molecule has 0 rings (SSSR count). The summed E-state index contributed by atoms with van der Waals surface area (Å²) in [6.45, 7) is 3.64. The van der Waals surface area contributed by atoms with Crippen molar-refractivity contribution in [1.82, 2.24) is 5.32 Å². The fourth-order valence-corrected chi connectivity index (χ4v) is 2.38. The first kappa shape index (κ1) is 21.6. The molecule has 0 heterocycles. The number of hydrogen-bond acceptors (Lipinski definition) is 3. The van der Waals surface area contributed by atoms with Crippen molar-refractivity contribution in [3.63, 3.8) is 0 Å². The topological polar surface area (TPSA) is 83.5 Å². The summed E-state index contributed by atoms with van der Waals surface area (Å²) in [5.41, 5.74) is 0. The smallest absolute Gasteiger partial charge is 0.306 e. The number of amides is 1. The first-order valence-electron chi connectivity index (χ1n) is 8.98. The zero-order valence-corrected chi connectivity index (χ0v) is 14.7. The molecule has 0 radical (unpaired) electrons. The Morgan fingerprint density at radius 3 is 1.96 bits per heavy atom. The molecule has 23 heavy (non-hydrogen) atoms. The summed E-state index contributed by atoms with van der Waals surface area (Å²) >= 11 is 0. The molecule has 5 nitrogen and oxygen atoms in total. The molecule has 0 bridgehead atoms. The van der Waals surface area contributed by atoms with Gasteiger partial charge in [-0.25, -0.2) is 0 Å². The lowest BCUT2D eigenvalue weighted by molar-refractivity contribution is -0.143. The number of hydrogen-bond donors (Lipinski definition) is 2. The quantitative estimate of drug-likeness (QED) is 0.449. The maximum atomic E-state index is 11.6. The summed E-state index contributed by atoms with van der Waals surface area (Å²) in [5, 5.41) is 11.3. The highest BCUT2D eigenvalue weighted by Crippen LogP contribution is 2.10. The molecule has 1 amide bonds. The molecule has 0 saturated carbocycles. The molecule has 0 aliphatic heterocycles. The van der Waals surface area contributed by atoms with Gasteiger partial charge in [-0.1, -0.05) is 65.2 Å². The van der Waals surface area contributed by atoms with Crippen LogP contribution in [0.25, 0.3) is 0 Å². The van der Waals surface area contributed by atoms with Crippen LogP contribution in [-0.4, -0.2) is 29.3 Å². The first-order chi connectivity index (χ1) is 11.0. The van der Waals surface area contributed by atoms with E-state index in [1.807, 2.05) is 0 Å². The van der Waals surface area contributed by atoms with Crippen molar-refractivity contribution in [2.45, 2.75) is 84.5 Å². The molecule has 0 aliphatic rings. The number of carboxylic acid groups (broad SMARTS) is 1. The lowest BCUT2D eigenvalue weighted by Crippen LogP contribution is -2.30. The van der Waals surface area contributed by atoms with Gasteiger partial charge in [-0.2, -0.15) is 0 Å². The summed E-state index contributed by atoms with van der Waals surface area (Å²) in [7, 11) is 0. The Bertz CT molecular complexity index is 355. The van der Waals surface area contributed by atoms with Crippen LogP contribution in [-0.2, 0) is 14.4 Å². The highest BCUT2D eigenvalue weighted by molar-refractivity contribution is 5.88. The van der Waals surface area contributed by atoms with Crippen LogP contribution in [0.3, 0.4) is 0 Å². The van der Waals surface area contributed by atoms with Crippen LogP contribution in [0.15, 0.2) is 0 Å². The predicted molar refractivity (Wildman–Crippen MR) is 91.3 cm³/mol. The lowest BCUT2D eigenvalue weighted by Gasteiger charge is -2.07. The number of rotatable bonds is 15. The van der Waals surface area contributed by atoms with Gasteiger partial charge in [-0.3, -0.25) is 14.4 Å². The van der Waals surface area contributed by atoms with E-state index in [2.05, 4.69) is 12.2 Å². The van der Waals surface area contributed by atoms with Gasteiger partial charge in [0.1, 0.15) is 0 Å². The van der Waals surface area contributed by atoms with Crippen molar-refractivity contribution < 1.29 is 19.5 Å². The van der Waals surface area contributed by atoms with Crippen LogP contribution in [0.1, 0.15) is 84.5 Å². The Morgan fingerprint density at radius 2 is 1.43 bits per heavy atom. The molecule has 0 aromatic rings. The standard InChI is InChI=1S/C18H33NO4/c1-3-4-5-6-7-8-9-10-11-12-17(21)19-14-16(20)13-15(2)18(22)23/h15H,3-14H2,1-2H3,(H,19,21)(H,22,23)/t15-/m1/s1. The third-order valence-electron chi connectivity index (χ3n) is 3.95. The monoisotopic (exact) mass is 327 g/mol. The van der Waals surface area contributed by atoms with Gasteiger partial charge in [0.15, 0.2) is 5.78 Å². The van der Waals surface area contributed by atoms with Gasteiger partial charge in [0.25, 0.3) is 0 Å². The number of unbranched alkanes of at least 4 members (excludes halogenated alkanes) is 8. The second kappa shape index (κ2) is 14.2. The molecule has 0 aliphatic carbocycles. The Labute approximate surface area is 140 Å². The van der Waals surface area contributed by atoms with Crippen LogP contribution >= 0.6 is 0 Å². The summed E-state index contributed by atoms with van der Waals surface area (Å²) < 4.78 is 0. The third kappa shape index (κ3) is 14.0. The van der Waals surface area contributed by atoms with Gasteiger partial charge < -0.3 is 10.4 Å². The van der Waals surface area contributed by atoms with E-state index in [-0.39, 0.29) is 24.7 Å². The van der Waals surface area contributed by atoms with E-state index in [9.17, 15) is 14.4 Å². The molecule has 0 aromatic carbocycles. The maximum absolute atomic E-state index is 11.6. The summed E-state index contributed by atoms with van der Waals surface area (Å²) in [6, 6.07) is 0. The number of aliphatic carboxylic acids is 1. The lowest BCUT2D eigenvalue weighted by atomic mass is 10.1. The van der Waals surface area contributed by atoms with E-state index in [0.717, 1.165) is 19.3 Å². The van der Waals surface area contributed by atoms with Crippen LogP contribution in [0.5, 0.6) is 0 Å². The molecular formula is C18H33NO4. The van der Waals surface area contributed by atoms with Gasteiger partial charge in [0, 0.05) is 12.8 Å². The SMILES string of the molecule is CCCCCCCCCCCC(=O)NCC(=O)C[C@@H](C)C(=O)O. The van der Waals surface area contributed by atoms with E-state index < -0.39 is 11.9 Å². The van der Waals surface area contributed by atoms with E-state index in [4.69, 9.17) is 5.11 Å². The Hall–Kier alpha value is -1.39. The normalized spacial score (nSPS) is 11.9. The van der Waals surface area contributed by atoms with Crippen molar-refractivity contribution in [2.75, 3.05) is 6.54 Å². The average molecular weight is 327 g/mol. The van der Waals surface area contributed by atoms with Gasteiger partial charge in [0.2, 0.25) is 5.91 Å². The van der Waals surface area contributed by atoms with Crippen molar-refractivity contribution in [3.05, 3.63) is 0 Å². The minimum Gasteiger partial charge on any atom is -0.481 e. The number of Topliss-reactive ketones (excluding diaryl/α,β-unsaturated/α-hetero) is 1. The molecule has 2 N–H and O–H groups in total. The second-order valence-electron chi connectivity index (χ2n) is 6.34. The average Bonchev–Trinajstić information content (AvgIpc) is 2.51. The predicted octanol–water partition coefficient (Wildman–Crippen LogP) is 3.70. The van der Waals surface area contributed by atoms with Crippen LogP contribution < -0.4 is 5.32 Å². The van der Waals surface area contributed by atoms with Gasteiger partial charge in [-0.05, 0) is 6.42 Å². The molecule has 0 fully saturated rings. The second-order valence-corrected chi connectivity index (χ2v) is 6.34. The molecule has 0 unspecified atom stereocenters. The largest absolute Gasteiger partial charge is 0.481 e. The van der Waals surface area contributed by atoms with Crippen molar-refractivity contribution >= 4 is 17.7 Å². The number of carbonyl (C=O) groups is 3. The van der Waals surface area contributed by atoms with Gasteiger partial charge >= 0.3 is 5.97 Å². The maximum Gasteiger partial charge on any atom is 0.306 e. The van der Waals surface area contributed by atoms with Crippen LogP contribution in [0.4, 0.5) is 0 Å². The Morgan fingerprint density at radius 1 is 0.913 bits per heavy atom. The molecule has 134 valence electrons. The van der Waals surface area contributed by atoms with Crippen LogP contribution in [0.2, 0.25) is 0 Å². The van der Waals surface area contributed by atoms with E-state index in [0.29, 0.717) is 6.42 Å². The molecule has 1 atom stereocenters. The molecule has 0 aromatic heterocycles. The molecular weight excluding hydrogens is 294 g/mol. The fraction of sp³-hybridized carbons (Fsp3) is 0.833. The number of nitrogens with one attached hydrogen (secondary N) is 1. The Kier molecular flexibility index (Phi) is 13.4. The van der Waals surface area contributed by atoms with Crippen molar-refractivity contribution in [1.29, 1.82) is 0 Å². The zero-order chi connectivity index (χ0) is 17.5. The zero-order valence-electron chi connectivity index (χ0n) is 14.7. The van der Waals surface area contributed by atoms with Crippen molar-refractivity contribution in [3.8, 4) is 0 Å². The van der Waals surface area contributed by atoms with Crippen LogP contribution in [0, 0.1) is 5.92 Å². The molecule has 0 saturated heterocycles. The summed E-state index contributed by atoms with van der Waals surface area (Å²) in [5.74, 6) is -2.04. The van der Waals surface area contributed by atoms with E-state index >= 15 is 0 Å². The molecule has 0 spiro atoms. The number of ketones is 1. The molecule has 5 heteroatoms. The number of carbonyl (C=O) groups excluding carboxylic acids is 2. The summed E-state index contributed by atoms with van der Waals surface area (Å²) in [6.07, 6.45) is 11.2. The third-order valence-corrected chi connectivity index (χ3v) is 3.95. The first-order valence-corrected chi connectivity index (χ1v) is 8.98. The minimum absolute atomic E-state index is 0.0341. The Balaban J connectivity index is 3.47. The van der Waals surface area contributed by atoms with Gasteiger partial charge in [0.05, 0.1) is 12.5 Å². The number of carboxylic acids is 1. The van der Waals surface area contributed by atoms with E-state index in [1.54, 1.807) is 0 Å². The van der Waals surface area contributed by atoms with Gasteiger partial charge in [-0.15, -0.1) is 0 Å². The highest BCUT2D eigenvalue weighted by Gasteiger charge is 2.15. The highest BCUT2D eigenvalue weighted by atomic mass is 16.4. The summed E-state index contributed by atoms with van der Waals surface area (Å²) in [4.78, 5) is 33.7. The minimum atomic E-state index is -0.987. The fourth-order valence-electron chi connectivity index (χ4n) is 2.38. The van der Waals surface area contributed by atoms with Crippen molar-refractivity contribution in [2.24, 2.45) is 5.92 Å². The van der Waals surface area contributed by atoms with E-state index in [1.165, 1.54) is 45.4 Å².